The van der Waals surface area contributed by atoms with E-state index >= 15 is 0 Å². The number of aryl methyl sites for hydroxylation is 1. The Morgan fingerprint density at radius 1 is 0.962 bits per heavy atom. The Morgan fingerprint density at radius 2 is 1.69 bits per heavy atom. The van der Waals surface area contributed by atoms with Gasteiger partial charge in [0.25, 0.3) is 0 Å². The lowest BCUT2D eigenvalue weighted by Gasteiger charge is -2.35. The van der Waals surface area contributed by atoms with E-state index in [1.165, 1.54) is 11.3 Å². The van der Waals surface area contributed by atoms with Crippen molar-refractivity contribution in [2.75, 3.05) is 37.6 Å². The van der Waals surface area contributed by atoms with Gasteiger partial charge in [0, 0.05) is 38.4 Å². The molecule has 1 aliphatic heterocycles. The summed E-state index contributed by atoms with van der Waals surface area (Å²) in [5, 5.41) is 2.73. The molecule has 0 bridgehead atoms. The van der Waals surface area contributed by atoms with E-state index in [-0.39, 0.29) is 0 Å². The van der Waals surface area contributed by atoms with Gasteiger partial charge in [-0.05, 0) is 36.6 Å². The van der Waals surface area contributed by atoms with Gasteiger partial charge in [-0.15, -0.1) is 0 Å². The van der Waals surface area contributed by atoms with Crippen LogP contribution < -0.4 is 10.2 Å². The van der Waals surface area contributed by atoms with Crippen LogP contribution in [0.4, 0.5) is 5.69 Å². The Bertz CT molecular complexity index is 753. The number of amides is 2. The van der Waals surface area contributed by atoms with Crippen LogP contribution in [-0.4, -0.2) is 49.4 Å². The van der Waals surface area contributed by atoms with Gasteiger partial charge in [-0.25, -0.2) is 0 Å². The number of rotatable bonds is 4. The number of piperazine rings is 1. The molecule has 0 atom stereocenters. The monoisotopic (exact) mass is 351 g/mol. The zero-order valence-corrected chi connectivity index (χ0v) is 15.1. The Kier molecular flexibility index (Phi) is 5.89. The molecule has 1 saturated heterocycles. The Morgan fingerprint density at radius 3 is 2.38 bits per heavy atom. The number of benzene rings is 2. The van der Waals surface area contributed by atoms with E-state index in [4.69, 9.17) is 0 Å². The largest absolute Gasteiger partial charge is 0.368 e. The molecule has 1 fully saturated rings. The van der Waals surface area contributed by atoms with E-state index in [1.54, 1.807) is 4.90 Å². The fourth-order valence-electron chi connectivity index (χ4n) is 3.18. The molecule has 2 aromatic carbocycles. The number of hydrogen-bond donors (Lipinski definition) is 1. The number of nitrogens with zero attached hydrogens (tertiary/aromatic N) is 2. The van der Waals surface area contributed by atoms with Gasteiger partial charge in [0.2, 0.25) is 0 Å². The zero-order valence-electron chi connectivity index (χ0n) is 15.1. The van der Waals surface area contributed by atoms with Crippen LogP contribution in [0.1, 0.15) is 11.1 Å². The first-order valence-corrected chi connectivity index (χ1v) is 9.06. The molecule has 0 radical (unpaired) electrons. The number of carbonyl (C=O) groups is 2. The van der Waals surface area contributed by atoms with Crippen molar-refractivity contribution >= 4 is 17.5 Å². The second kappa shape index (κ2) is 8.52. The maximum Gasteiger partial charge on any atom is 0.312 e. The molecule has 26 heavy (non-hydrogen) atoms. The maximum atomic E-state index is 12.3. The third kappa shape index (κ3) is 4.63. The highest BCUT2D eigenvalue weighted by Gasteiger charge is 2.25. The van der Waals surface area contributed by atoms with Gasteiger partial charge in [0.05, 0.1) is 0 Å². The van der Waals surface area contributed by atoms with Crippen LogP contribution >= 0.6 is 0 Å². The Labute approximate surface area is 154 Å². The highest BCUT2D eigenvalue weighted by molar-refractivity contribution is 6.35. The van der Waals surface area contributed by atoms with Gasteiger partial charge in [-0.1, -0.05) is 42.5 Å². The predicted molar refractivity (Wildman–Crippen MR) is 103 cm³/mol. The molecule has 5 heteroatoms. The summed E-state index contributed by atoms with van der Waals surface area (Å²) in [5.41, 5.74) is 3.54. The van der Waals surface area contributed by atoms with Gasteiger partial charge in [-0.2, -0.15) is 0 Å². The summed E-state index contributed by atoms with van der Waals surface area (Å²) < 4.78 is 0. The molecule has 3 rings (SSSR count). The van der Waals surface area contributed by atoms with Crippen LogP contribution in [0.2, 0.25) is 0 Å². The first kappa shape index (κ1) is 18.0. The zero-order chi connectivity index (χ0) is 18.4. The number of hydrogen-bond acceptors (Lipinski definition) is 3. The predicted octanol–water partition coefficient (Wildman–Crippen LogP) is 2.00. The molecule has 136 valence electrons. The van der Waals surface area contributed by atoms with Crippen molar-refractivity contribution in [3.05, 3.63) is 65.7 Å². The van der Waals surface area contributed by atoms with Crippen LogP contribution in [0.25, 0.3) is 0 Å². The standard InChI is InChI=1S/C21H25N3O2/c1-17-6-5-9-19(16-17)23-12-14-24(15-13-23)21(26)20(25)22-11-10-18-7-3-2-4-8-18/h2-9,16H,10-15H2,1H3,(H,22,25). The van der Waals surface area contributed by atoms with Gasteiger partial charge in [0.1, 0.15) is 0 Å². The van der Waals surface area contributed by atoms with Crippen LogP contribution in [0.15, 0.2) is 54.6 Å². The van der Waals surface area contributed by atoms with Crippen LogP contribution in [0.5, 0.6) is 0 Å². The molecule has 2 amide bonds. The normalized spacial score (nSPS) is 14.2. The van der Waals surface area contributed by atoms with Gasteiger partial charge in [-0.3, -0.25) is 9.59 Å². The number of nitrogens with one attached hydrogen (secondary N) is 1. The third-order valence-electron chi connectivity index (χ3n) is 4.67. The molecule has 0 saturated carbocycles. The minimum atomic E-state index is -0.509. The number of anilines is 1. The molecule has 1 aliphatic rings. The third-order valence-corrected chi connectivity index (χ3v) is 4.67. The quantitative estimate of drug-likeness (QED) is 0.858. The number of carbonyl (C=O) groups excluding carboxylic acids is 2. The van der Waals surface area contributed by atoms with Gasteiger partial charge < -0.3 is 15.1 Å². The van der Waals surface area contributed by atoms with Crippen LogP contribution in [0.3, 0.4) is 0 Å². The molecule has 0 spiro atoms. The average Bonchev–Trinajstić information content (AvgIpc) is 2.68. The molecular weight excluding hydrogens is 326 g/mol. The minimum absolute atomic E-state index is 0.429. The van der Waals surface area contributed by atoms with E-state index in [0.717, 1.165) is 25.1 Å². The minimum Gasteiger partial charge on any atom is -0.368 e. The van der Waals surface area contributed by atoms with Crippen molar-refractivity contribution in [2.45, 2.75) is 13.3 Å². The highest BCUT2D eigenvalue weighted by atomic mass is 16.2. The van der Waals surface area contributed by atoms with E-state index in [9.17, 15) is 9.59 Å². The van der Waals surface area contributed by atoms with E-state index in [0.29, 0.717) is 19.6 Å². The first-order chi connectivity index (χ1) is 12.6. The van der Waals surface area contributed by atoms with Crippen molar-refractivity contribution in [1.82, 2.24) is 10.2 Å². The molecule has 0 aliphatic carbocycles. The van der Waals surface area contributed by atoms with Gasteiger partial charge in [0.15, 0.2) is 0 Å². The molecule has 0 aromatic heterocycles. The average molecular weight is 351 g/mol. The maximum absolute atomic E-state index is 12.3. The van der Waals surface area contributed by atoms with Crippen molar-refractivity contribution in [2.24, 2.45) is 0 Å². The lowest BCUT2D eigenvalue weighted by atomic mass is 10.1. The fraction of sp³-hybridized carbons (Fsp3) is 0.333. The van der Waals surface area contributed by atoms with Crippen molar-refractivity contribution in [3.63, 3.8) is 0 Å². The molecule has 1 heterocycles. The molecule has 1 N–H and O–H groups in total. The summed E-state index contributed by atoms with van der Waals surface area (Å²) in [6.07, 6.45) is 0.723. The van der Waals surface area contributed by atoms with Crippen LogP contribution in [0, 0.1) is 6.92 Å². The topological polar surface area (TPSA) is 52.7 Å². The summed E-state index contributed by atoms with van der Waals surface area (Å²) in [5.74, 6) is -0.938. The fourth-order valence-corrected chi connectivity index (χ4v) is 3.18. The van der Waals surface area contributed by atoms with E-state index in [1.807, 2.05) is 36.4 Å². The van der Waals surface area contributed by atoms with E-state index in [2.05, 4.69) is 35.3 Å². The van der Waals surface area contributed by atoms with E-state index < -0.39 is 11.8 Å². The van der Waals surface area contributed by atoms with Gasteiger partial charge >= 0.3 is 11.8 Å². The van der Waals surface area contributed by atoms with Crippen molar-refractivity contribution in [1.29, 1.82) is 0 Å². The summed E-state index contributed by atoms with van der Waals surface area (Å²) in [4.78, 5) is 28.3. The molecular formula is C21H25N3O2. The summed E-state index contributed by atoms with van der Waals surface area (Å²) in [7, 11) is 0. The summed E-state index contributed by atoms with van der Waals surface area (Å²) >= 11 is 0. The summed E-state index contributed by atoms with van der Waals surface area (Å²) in [6.45, 7) is 5.16. The second-order valence-electron chi connectivity index (χ2n) is 6.61. The van der Waals surface area contributed by atoms with Crippen LogP contribution in [-0.2, 0) is 16.0 Å². The smallest absolute Gasteiger partial charge is 0.312 e. The molecule has 2 aromatic rings. The lowest BCUT2D eigenvalue weighted by molar-refractivity contribution is -0.146. The summed E-state index contributed by atoms with van der Waals surface area (Å²) in [6, 6.07) is 18.3. The lowest BCUT2D eigenvalue weighted by Crippen LogP contribution is -2.52. The van der Waals surface area contributed by atoms with Crippen molar-refractivity contribution in [3.8, 4) is 0 Å². The first-order valence-electron chi connectivity index (χ1n) is 9.06. The SMILES string of the molecule is Cc1cccc(N2CCN(C(=O)C(=O)NCCc3ccccc3)CC2)c1. The Hall–Kier alpha value is -2.82. The van der Waals surface area contributed by atoms with Crippen molar-refractivity contribution < 1.29 is 9.59 Å². The molecule has 0 unspecified atom stereocenters. The second-order valence-corrected chi connectivity index (χ2v) is 6.61. The molecule has 5 nitrogen and oxygen atoms in total. The Balaban J connectivity index is 1.44. The highest BCUT2D eigenvalue weighted by Crippen LogP contribution is 2.17.